The van der Waals surface area contributed by atoms with E-state index in [0.29, 0.717) is 17.9 Å². The summed E-state index contributed by atoms with van der Waals surface area (Å²) in [7, 11) is 0. The third-order valence-electron chi connectivity index (χ3n) is 2.53. The second-order valence-corrected chi connectivity index (χ2v) is 3.60. The molecule has 2 aromatic rings. The highest BCUT2D eigenvalue weighted by Gasteiger charge is 2.10. The van der Waals surface area contributed by atoms with Crippen LogP contribution >= 0.6 is 0 Å². The minimum atomic E-state index is 0.168. The number of nitrogens with one attached hydrogen (secondary N) is 1. The Balaban J connectivity index is 2.22. The first kappa shape index (κ1) is 10.8. The van der Waals surface area contributed by atoms with Crippen molar-refractivity contribution in [2.24, 2.45) is 0 Å². The Morgan fingerprint density at radius 1 is 1.56 bits per heavy atom. The van der Waals surface area contributed by atoms with Crippen molar-refractivity contribution in [3.8, 4) is 0 Å². The molecular formula is C10H15N5O. The summed E-state index contributed by atoms with van der Waals surface area (Å²) in [5.74, 6) is 0.709. The van der Waals surface area contributed by atoms with E-state index < -0.39 is 0 Å². The van der Waals surface area contributed by atoms with Gasteiger partial charge in [0, 0.05) is 25.0 Å². The summed E-state index contributed by atoms with van der Waals surface area (Å²) in [5, 5.41) is 20.0. The van der Waals surface area contributed by atoms with Crippen LogP contribution in [-0.4, -0.2) is 37.3 Å². The number of hydrogen-bond donors (Lipinski definition) is 2. The van der Waals surface area contributed by atoms with Gasteiger partial charge in [-0.1, -0.05) is 6.92 Å². The van der Waals surface area contributed by atoms with Crippen LogP contribution in [0.5, 0.6) is 0 Å². The Bertz CT molecular complexity index is 455. The van der Waals surface area contributed by atoms with Crippen molar-refractivity contribution in [3.63, 3.8) is 0 Å². The van der Waals surface area contributed by atoms with Gasteiger partial charge in [0.05, 0.1) is 0 Å². The molecule has 0 saturated carbocycles. The van der Waals surface area contributed by atoms with Gasteiger partial charge in [-0.15, -0.1) is 10.2 Å². The van der Waals surface area contributed by atoms with Crippen LogP contribution in [0.15, 0.2) is 18.7 Å². The van der Waals surface area contributed by atoms with Gasteiger partial charge < -0.3 is 10.4 Å². The van der Waals surface area contributed by atoms with E-state index in [0.717, 1.165) is 6.42 Å². The molecule has 1 unspecified atom stereocenters. The maximum atomic E-state index is 8.93. The zero-order chi connectivity index (χ0) is 11.4. The van der Waals surface area contributed by atoms with Gasteiger partial charge in [0.25, 0.3) is 0 Å². The van der Waals surface area contributed by atoms with E-state index in [1.807, 2.05) is 0 Å². The fourth-order valence-electron chi connectivity index (χ4n) is 1.59. The molecule has 0 aliphatic rings. The van der Waals surface area contributed by atoms with Crippen LogP contribution in [0, 0.1) is 0 Å². The van der Waals surface area contributed by atoms with Crippen LogP contribution in [0.1, 0.15) is 19.8 Å². The van der Waals surface area contributed by atoms with Crippen LogP contribution in [-0.2, 0) is 0 Å². The lowest BCUT2D eigenvalue weighted by molar-refractivity contribution is 0.278. The lowest BCUT2D eigenvalue weighted by Crippen LogP contribution is -2.21. The van der Waals surface area contributed by atoms with Crippen LogP contribution < -0.4 is 5.32 Å². The van der Waals surface area contributed by atoms with Crippen LogP contribution in [0.25, 0.3) is 5.65 Å². The van der Waals surface area contributed by atoms with Crippen molar-refractivity contribution in [1.29, 1.82) is 0 Å². The quantitative estimate of drug-likeness (QED) is 0.777. The van der Waals surface area contributed by atoms with Crippen molar-refractivity contribution in [1.82, 2.24) is 19.6 Å². The second-order valence-electron chi connectivity index (χ2n) is 3.60. The Morgan fingerprint density at radius 3 is 3.19 bits per heavy atom. The molecule has 1 atom stereocenters. The van der Waals surface area contributed by atoms with Crippen molar-refractivity contribution in [3.05, 3.63) is 18.7 Å². The summed E-state index contributed by atoms with van der Waals surface area (Å²) in [4.78, 5) is 4.23. The fraction of sp³-hybridized carbons (Fsp3) is 0.500. The van der Waals surface area contributed by atoms with Gasteiger partial charge in [0.1, 0.15) is 6.33 Å². The second kappa shape index (κ2) is 4.89. The summed E-state index contributed by atoms with van der Waals surface area (Å²) in [5.41, 5.74) is 0.707. The van der Waals surface area contributed by atoms with Crippen molar-refractivity contribution >= 4 is 11.5 Å². The number of aliphatic hydroxyl groups is 1. The summed E-state index contributed by atoms with van der Waals surface area (Å²) in [6.45, 7) is 2.23. The number of hydrogen-bond acceptors (Lipinski definition) is 5. The Kier molecular flexibility index (Phi) is 3.31. The minimum Gasteiger partial charge on any atom is -0.396 e. The third-order valence-corrected chi connectivity index (χ3v) is 2.53. The number of anilines is 1. The van der Waals surface area contributed by atoms with Crippen LogP contribution in [0.2, 0.25) is 0 Å². The van der Waals surface area contributed by atoms with E-state index in [1.54, 1.807) is 23.1 Å². The van der Waals surface area contributed by atoms with E-state index in [4.69, 9.17) is 5.11 Å². The highest BCUT2D eigenvalue weighted by atomic mass is 16.3. The summed E-state index contributed by atoms with van der Waals surface area (Å²) < 4.78 is 1.81. The van der Waals surface area contributed by atoms with Crippen LogP contribution in [0.3, 0.4) is 0 Å². The van der Waals surface area contributed by atoms with Gasteiger partial charge in [-0.05, 0) is 12.8 Å². The highest BCUT2D eigenvalue weighted by Crippen LogP contribution is 2.13. The average Bonchev–Trinajstić information content (AvgIpc) is 2.77. The maximum Gasteiger partial charge on any atom is 0.203 e. The molecular weight excluding hydrogens is 206 g/mol. The van der Waals surface area contributed by atoms with E-state index in [9.17, 15) is 0 Å². The maximum absolute atomic E-state index is 8.93. The molecule has 16 heavy (non-hydrogen) atoms. The highest BCUT2D eigenvalue weighted by molar-refractivity contribution is 5.61. The first-order valence-electron chi connectivity index (χ1n) is 5.37. The van der Waals surface area contributed by atoms with E-state index in [-0.39, 0.29) is 12.6 Å². The number of aromatic nitrogens is 4. The summed E-state index contributed by atoms with van der Waals surface area (Å²) in [6.07, 6.45) is 6.76. The van der Waals surface area contributed by atoms with Gasteiger partial charge in [-0.2, -0.15) is 0 Å². The lowest BCUT2D eigenvalue weighted by Gasteiger charge is -2.16. The van der Waals surface area contributed by atoms with Crippen LogP contribution in [0.4, 0.5) is 5.82 Å². The van der Waals surface area contributed by atoms with E-state index >= 15 is 0 Å². The zero-order valence-corrected chi connectivity index (χ0v) is 9.17. The minimum absolute atomic E-state index is 0.168. The molecule has 0 bridgehead atoms. The number of rotatable bonds is 5. The first-order valence-corrected chi connectivity index (χ1v) is 5.37. The molecule has 0 spiro atoms. The topological polar surface area (TPSA) is 75.3 Å². The molecule has 0 fully saturated rings. The van der Waals surface area contributed by atoms with Gasteiger partial charge in [-0.3, -0.25) is 4.40 Å². The molecule has 0 aliphatic carbocycles. The standard InChI is InChI=1S/C10H15N5O/c1-2-8(3-6-16)13-9-10-14-12-7-15(10)5-4-11-9/h4-5,7-8,16H,2-3,6H2,1H3,(H,11,13). The molecule has 0 aliphatic heterocycles. The van der Waals surface area contributed by atoms with Gasteiger partial charge in [0.15, 0.2) is 5.82 Å². The predicted molar refractivity (Wildman–Crippen MR) is 60.2 cm³/mol. The van der Waals surface area contributed by atoms with Gasteiger partial charge >= 0.3 is 0 Å². The van der Waals surface area contributed by atoms with E-state index in [2.05, 4.69) is 27.4 Å². The van der Waals surface area contributed by atoms with Crippen molar-refractivity contribution in [2.45, 2.75) is 25.8 Å². The zero-order valence-electron chi connectivity index (χ0n) is 9.17. The number of fused-ring (bicyclic) bond motifs is 1. The fourth-order valence-corrected chi connectivity index (χ4v) is 1.59. The molecule has 6 heteroatoms. The van der Waals surface area contributed by atoms with E-state index in [1.165, 1.54) is 0 Å². The first-order chi connectivity index (χ1) is 7.85. The smallest absolute Gasteiger partial charge is 0.203 e. The average molecular weight is 221 g/mol. The molecule has 0 amide bonds. The van der Waals surface area contributed by atoms with Gasteiger partial charge in [-0.25, -0.2) is 4.98 Å². The monoisotopic (exact) mass is 221 g/mol. The van der Waals surface area contributed by atoms with Crippen molar-refractivity contribution in [2.75, 3.05) is 11.9 Å². The normalized spacial score (nSPS) is 12.9. The number of aliphatic hydroxyl groups excluding tert-OH is 1. The molecule has 0 aromatic carbocycles. The van der Waals surface area contributed by atoms with Gasteiger partial charge in [0.2, 0.25) is 5.65 Å². The largest absolute Gasteiger partial charge is 0.396 e. The molecule has 0 radical (unpaired) electrons. The predicted octanol–water partition coefficient (Wildman–Crippen LogP) is 0.697. The molecule has 0 saturated heterocycles. The molecule has 86 valence electrons. The molecule has 6 nitrogen and oxygen atoms in total. The lowest BCUT2D eigenvalue weighted by atomic mass is 10.1. The molecule has 2 rings (SSSR count). The Labute approximate surface area is 93.3 Å². The summed E-state index contributed by atoms with van der Waals surface area (Å²) in [6, 6.07) is 0.209. The Hall–Kier alpha value is -1.69. The number of nitrogens with zero attached hydrogens (tertiary/aromatic N) is 4. The SMILES string of the molecule is CCC(CCO)Nc1nccn2cnnc12. The molecule has 2 heterocycles. The molecule has 2 aromatic heterocycles. The third kappa shape index (κ3) is 2.11. The molecule has 2 N–H and O–H groups in total. The van der Waals surface area contributed by atoms with Crippen molar-refractivity contribution < 1.29 is 5.11 Å². The Morgan fingerprint density at radius 2 is 2.44 bits per heavy atom. The summed E-state index contributed by atoms with van der Waals surface area (Å²) >= 11 is 0.